The summed E-state index contributed by atoms with van der Waals surface area (Å²) >= 11 is 6.97. The van der Waals surface area contributed by atoms with E-state index >= 15 is 4.39 Å². The van der Waals surface area contributed by atoms with Gasteiger partial charge >= 0.3 is 0 Å². The second-order valence-corrected chi connectivity index (χ2v) is 17.5. The van der Waals surface area contributed by atoms with Gasteiger partial charge in [0.15, 0.2) is 5.82 Å². The lowest BCUT2D eigenvalue weighted by Crippen LogP contribution is -2.66. The molecule has 1 aliphatic rings. The van der Waals surface area contributed by atoms with E-state index in [0.29, 0.717) is 29.9 Å². The van der Waals surface area contributed by atoms with E-state index in [9.17, 15) is 5.21 Å². The van der Waals surface area contributed by atoms with E-state index in [-0.39, 0.29) is 40.2 Å². The third kappa shape index (κ3) is 6.56. The molecule has 0 radical (unpaired) electrons. The van der Waals surface area contributed by atoms with Gasteiger partial charge in [0.2, 0.25) is 0 Å². The summed E-state index contributed by atoms with van der Waals surface area (Å²) in [4.78, 5) is 6.41. The minimum Gasteiger partial charge on any atom is -0.410 e. The Kier molecular flexibility index (Phi) is 9.79. The fourth-order valence-electron chi connectivity index (χ4n) is 6.48. The van der Waals surface area contributed by atoms with Crippen LogP contribution in [0.4, 0.5) is 10.1 Å². The lowest BCUT2D eigenvalue weighted by molar-refractivity contribution is -0.00532. The van der Waals surface area contributed by atoms with E-state index < -0.39 is 14.1 Å². The Morgan fingerprint density at radius 1 is 1.02 bits per heavy atom. The Hall–Kier alpha value is -3.56. The maximum atomic E-state index is 16.4. The average molecular weight is 646 g/mol. The molecule has 0 spiro atoms. The summed E-state index contributed by atoms with van der Waals surface area (Å²) in [6.45, 7) is 13.7. The van der Waals surface area contributed by atoms with Gasteiger partial charge in [-0.3, -0.25) is 4.98 Å². The monoisotopic (exact) mass is 645 g/mol. The van der Waals surface area contributed by atoms with E-state index in [0.717, 1.165) is 16.1 Å². The van der Waals surface area contributed by atoms with Gasteiger partial charge in [-0.05, 0) is 54.4 Å². The number of oxime groups is 1. The Balaban J connectivity index is 1.70. The molecule has 1 fully saturated rings. The molecule has 0 aliphatic carbocycles. The molecule has 9 heteroatoms. The third-order valence-electron chi connectivity index (χ3n) is 8.40. The number of rotatable bonds is 8. The first-order valence-corrected chi connectivity index (χ1v) is 17.6. The third-order valence-corrected chi connectivity index (χ3v) is 13.7. The van der Waals surface area contributed by atoms with Gasteiger partial charge < -0.3 is 19.3 Å². The lowest BCUT2D eigenvalue weighted by Gasteiger charge is -2.43. The molecule has 3 aromatic carbocycles. The standard InChI is InChI=1S/C36H41ClFN3O3Si/c1-24-17-18-27(20-39-24)34(40-42)31-19-28(35(32(37)33(31)38)41-21-25(2)44-26(3)22-41)23-43-45(36(4,5)6,29-13-9-7-10-14-29)30-15-11-8-12-16-30/h7-20,25-26,42H,21-23H2,1-6H3/t25-,26+. The highest BCUT2D eigenvalue weighted by Crippen LogP contribution is 2.41. The van der Waals surface area contributed by atoms with Gasteiger partial charge in [-0.2, -0.15) is 0 Å². The van der Waals surface area contributed by atoms with E-state index in [1.165, 1.54) is 0 Å². The maximum absolute atomic E-state index is 16.4. The van der Waals surface area contributed by atoms with Crippen molar-refractivity contribution < 1.29 is 18.8 Å². The minimum atomic E-state index is -2.96. The van der Waals surface area contributed by atoms with Crippen LogP contribution in [0.15, 0.2) is 90.2 Å². The van der Waals surface area contributed by atoms with E-state index in [4.69, 9.17) is 20.8 Å². The highest BCUT2D eigenvalue weighted by Gasteiger charge is 2.50. The predicted octanol–water partition coefficient (Wildman–Crippen LogP) is 7.10. The molecular weight excluding hydrogens is 605 g/mol. The quantitative estimate of drug-likeness (QED) is 0.0959. The predicted molar refractivity (Wildman–Crippen MR) is 182 cm³/mol. The molecule has 0 bridgehead atoms. The lowest BCUT2D eigenvalue weighted by atomic mass is 9.98. The topological polar surface area (TPSA) is 67.2 Å². The van der Waals surface area contributed by atoms with Crippen LogP contribution in [0.1, 0.15) is 57.0 Å². The van der Waals surface area contributed by atoms with Crippen molar-refractivity contribution in [3.05, 3.63) is 118 Å². The van der Waals surface area contributed by atoms with Crippen molar-refractivity contribution in [2.24, 2.45) is 5.16 Å². The highest BCUT2D eigenvalue weighted by molar-refractivity contribution is 6.99. The number of pyridine rings is 1. The molecule has 2 atom stereocenters. The number of nitrogens with zero attached hydrogens (tertiary/aromatic N) is 3. The first-order valence-electron chi connectivity index (χ1n) is 15.3. The van der Waals surface area contributed by atoms with Gasteiger partial charge in [0.25, 0.3) is 8.32 Å². The number of ether oxygens (including phenoxy) is 1. The number of anilines is 1. The second-order valence-electron chi connectivity index (χ2n) is 12.8. The zero-order valence-electron chi connectivity index (χ0n) is 26.7. The van der Waals surface area contributed by atoms with Crippen LogP contribution in [0, 0.1) is 12.7 Å². The normalized spacial score (nSPS) is 17.9. The summed E-state index contributed by atoms with van der Waals surface area (Å²) in [5, 5.41) is 15.6. The van der Waals surface area contributed by atoms with Crippen LogP contribution in [0.3, 0.4) is 0 Å². The van der Waals surface area contributed by atoms with Gasteiger partial charge in [-0.1, -0.05) is 98.2 Å². The van der Waals surface area contributed by atoms with Crippen molar-refractivity contribution in [2.45, 2.75) is 65.4 Å². The van der Waals surface area contributed by atoms with Crippen LogP contribution >= 0.6 is 11.6 Å². The van der Waals surface area contributed by atoms with Crippen molar-refractivity contribution in [1.82, 2.24) is 4.98 Å². The molecule has 45 heavy (non-hydrogen) atoms. The van der Waals surface area contributed by atoms with Crippen LogP contribution in [-0.4, -0.2) is 49.5 Å². The van der Waals surface area contributed by atoms with Crippen molar-refractivity contribution in [3.8, 4) is 0 Å². The Labute approximate surface area is 271 Å². The van der Waals surface area contributed by atoms with Gasteiger partial charge in [0.1, 0.15) is 10.7 Å². The Morgan fingerprint density at radius 3 is 2.09 bits per heavy atom. The second kappa shape index (κ2) is 13.4. The van der Waals surface area contributed by atoms with Crippen LogP contribution in [0.2, 0.25) is 10.1 Å². The van der Waals surface area contributed by atoms with E-state index in [2.05, 4.69) is 60.1 Å². The number of halogens is 2. The summed E-state index contributed by atoms with van der Waals surface area (Å²) in [5.41, 5.74) is 2.65. The number of benzene rings is 3. The van der Waals surface area contributed by atoms with Crippen LogP contribution in [0.25, 0.3) is 0 Å². The smallest absolute Gasteiger partial charge is 0.261 e. The van der Waals surface area contributed by atoms with Crippen molar-refractivity contribution >= 4 is 41.7 Å². The summed E-state index contributed by atoms with van der Waals surface area (Å²) < 4.78 is 29.7. The maximum Gasteiger partial charge on any atom is 0.261 e. The number of morpholine rings is 1. The molecule has 1 aromatic heterocycles. The fraction of sp³-hybridized carbons (Fsp3) is 0.333. The molecule has 236 valence electrons. The summed E-state index contributed by atoms with van der Waals surface area (Å²) in [6.07, 6.45) is 1.41. The average Bonchev–Trinajstić information content (AvgIpc) is 3.01. The number of hydrogen-bond donors (Lipinski definition) is 1. The first-order chi connectivity index (χ1) is 21.5. The van der Waals surface area contributed by atoms with E-state index in [1.54, 1.807) is 24.4 Å². The molecule has 6 nitrogen and oxygen atoms in total. The molecule has 0 saturated carbocycles. The fourth-order valence-corrected chi connectivity index (χ4v) is 11.3. The zero-order chi connectivity index (χ0) is 32.4. The molecule has 1 N–H and O–H groups in total. The van der Waals surface area contributed by atoms with Crippen molar-refractivity contribution in [3.63, 3.8) is 0 Å². The molecule has 1 aliphatic heterocycles. The molecule has 0 unspecified atom stereocenters. The largest absolute Gasteiger partial charge is 0.410 e. The van der Waals surface area contributed by atoms with Gasteiger partial charge in [-0.15, -0.1) is 0 Å². The molecule has 0 amide bonds. The van der Waals surface area contributed by atoms with Crippen LogP contribution in [0.5, 0.6) is 0 Å². The van der Waals surface area contributed by atoms with Gasteiger partial charge in [-0.25, -0.2) is 4.39 Å². The molecular formula is C36H41ClFN3O3Si. The summed E-state index contributed by atoms with van der Waals surface area (Å²) in [6, 6.07) is 26.0. The summed E-state index contributed by atoms with van der Waals surface area (Å²) in [7, 11) is -2.96. The molecule has 2 heterocycles. The number of hydrogen-bond acceptors (Lipinski definition) is 6. The number of aryl methyl sites for hydroxylation is 1. The van der Waals surface area contributed by atoms with E-state index in [1.807, 2.05) is 57.2 Å². The molecule has 5 rings (SSSR count). The first kappa shape index (κ1) is 32.8. The van der Waals surface area contributed by atoms with Crippen LogP contribution < -0.4 is 15.3 Å². The summed E-state index contributed by atoms with van der Waals surface area (Å²) in [5.74, 6) is -0.666. The zero-order valence-corrected chi connectivity index (χ0v) is 28.5. The van der Waals surface area contributed by atoms with Gasteiger partial charge in [0, 0.05) is 41.7 Å². The minimum absolute atomic E-state index is 0.0452. The molecule has 1 saturated heterocycles. The highest BCUT2D eigenvalue weighted by atomic mass is 35.5. The Morgan fingerprint density at radius 2 is 1.60 bits per heavy atom. The SMILES string of the molecule is Cc1ccc(C(=NO)c2cc(CO[Si](c3ccccc3)(c3ccccc3)C(C)(C)C)c(N3C[C@@H](C)O[C@@H](C)C3)c(Cl)c2F)cn1. The van der Waals surface area contributed by atoms with Crippen molar-refractivity contribution in [2.75, 3.05) is 18.0 Å². The number of aromatic nitrogens is 1. The molecule has 4 aromatic rings. The van der Waals surface area contributed by atoms with Crippen LogP contribution in [-0.2, 0) is 15.8 Å². The van der Waals surface area contributed by atoms with Crippen molar-refractivity contribution in [1.29, 1.82) is 0 Å². The van der Waals surface area contributed by atoms with Gasteiger partial charge in [0.05, 0.1) is 24.5 Å². The Bertz CT molecular complexity index is 1600.